The largest absolute Gasteiger partial charge is 0.744 e. The molecular formula is C20H36BrNO3S. The molecule has 6 heteroatoms. The second-order valence-electron chi connectivity index (χ2n) is 7.52. The van der Waals surface area contributed by atoms with Gasteiger partial charge in [-0.3, -0.25) is 0 Å². The van der Waals surface area contributed by atoms with E-state index < -0.39 is 10.1 Å². The van der Waals surface area contributed by atoms with Crippen molar-refractivity contribution in [1.29, 1.82) is 0 Å². The van der Waals surface area contributed by atoms with Crippen LogP contribution in [0, 0.1) is 6.92 Å². The number of quaternary nitrogens is 1. The number of aryl methyl sites for hydroxylation is 1. The van der Waals surface area contributed by atoms with Crippen molar-refractivity contribution < 1.29 is 17.5 Å². The Kier molecular flexibility index (Phi) is 13.5. The molecule has 0 unspecified atom stereocenters. The molecule has 1 aromatic rings. The smallest absolute Gasteiger partial charge is 0.133 e. The molecule has 0 amide bonds. The first-order valence-corrected chi connectivity index (χ1v) is 12.1. The maximum atomic E-state index is 10.4. The first-order chi connectivity index (χ1) is 12.1. The summed E-state index contributed by atoms with van der Waals surface area (Å²) in [4.78, 5) is -0.178. The molecule has 0 atom stereocenters. The highest BCUT2D eigenvalue weighted by atomic mass is 79.9. The van der Waals surface area contributed by atoms with Gasteiger partial charge in [-0.1, -0.05) is 63.1 Å². The van der Waals surface area contributed by atoms with Crippen molar-refractivity contribution in [1.82, 2.24) is 0 Å². The van der Waals surface area contributed by atoms with Crippen molar-refractivity contribution in [2.75, 3.05) is 26.1 Å². The Morgan fingerprint density at radius 2 is 1.38 bits per heavy atom. The zero-order chi connectivity index (χ0) is 20.1. The fraction of sp³-hybridized carbons (Fsp3) is 0.700. The molecule has 0 aromatic heterocycles. The van der Waals surface area contributed by atoms with Crippen LogP contribution in [-0.4, -0.2) is 43.5 Å². The van der Waals surface area contributed by atoms with E-state index in [4.69, 9.17) is 0 Å². The summed E-state index contributed by atoms with van der Waals surface area (Å²) in [6, 6.07) is 5.78. The molecule has 0 N–H and O–H groups in total. The van der Waals surface area contributed by atoms with Crippen LogP contribution >= 0.6 is 15.9 Å². The van der Waals surface area contributed by atoms with Crippen molar-refractivity contribution in [2.24, 2.45) is 0 Å². The van der Waals surface area contributed by atoms with E-state index in [1.54, 1.807) is 12.1 Å². The highest BCUT2D eigenvalue weighted by Crippen LogP contribution is 2.11. The van der Waals surface area contributed by atoms with E-state index in [0.717, 1.165) is 15.5 Å². The van der Waals surface area contributed by atoms with Crippen LogP contribution in [0.15, 0.2) is 29.2 Å². The lowest BCUT2D eigenvalue weighted by Crippen LogP contribution is -2.38. The summed E-state index contributed by atoms with van der Waals surface area (Å²) in [7, 11) is 0.306. The van der Waals surface area contributed by atoms with Gasteiger partial charge in [-0.15, -0.1) is 0 Å². The van der Waals surface area contributed by atoms with Gasteiger partial charge in [0.05, 0.1) is 25.5 Å². The minimum atomic E-state index is -4.27. The van der Waals surface area contributed by atoms with Crippen LogP contribution in [0.2, 0.25) is 0 Å². The summed E-state index contributed by atoms with van der Waals surface area (Å²) in [5, 5.41) is 0. The molecule has 0 aliphatic rings. The van der Waals surface area contributed by atoms with Crippen molar-refractivity contribution in [3.63, 3.8) is 0 Å². The third-order valence-corrected chi connectivity index (χ3v) is 6.46. The lowest BCUT2D eigenvalue weighted by molar-refractivity contribution is -0.876. The minimum absolute atomic E-state index is 0.178. The summed E-state index contributed by atoms with van der Waals surface area (Å²) < 4.78 is 32.3. The highest BCUT2D eigenvalue weighted by molar-refractivity contribution is 9.09. The van der Waals surface area contributed by atoms with Crippen LogP contribution in [0.1, 0.15) is 63.9 Å². The maximum Gasteiger partial charge on any atom is 0.133 e. The molecule has 0 aliphatic carbocycles. The van der Waals surface area contributed by atoms with Crippen molar-refractivity contribution in [3.05, 3.63) is 29.8 Å². The molecule has 0 bridgehead atoms. The predicted octanol–water partition coefficient (Wildman–Crippen LogP) is 5.46. The van der Waals surface area contributed by atoms with Gasteiger partial charge in [0, 0.05) is 0 Å². The monoisotopic (exact) mass is 449 g/mol. The van der Waals surface area contributed by atoms with Gasteiger partial charge < -0.3 is 9.04 Å². The number of benzene rings is 1. The molecule has 0 saturated carbocycles. The van der Waals surface area contributed by atoms with Gasteiger partial charge in [0.2, 0.25) is 0 Å². The fourth-order valence-electron chi connectivity index (χ4n) is 2.44. The first-order valence-electron chi connectivity index (χ1n) is 9.53. The molecule has 0 heterocycles. The second kappa shape index (κ2) is 13.7. The molecule has 0 radical (unpaired) electrons. The third-order valence-electron chi connectivity index (χ3n) is 4.25. The molecule has 1 aromatic carbocycles. The first kappa shape index (κ1) is 25.6. The van der Waals surface area contributed by atoms with E-state index >= 15 is 0 Å². The Labute approximate surface area is 169 Å². The molecule has 1 rings (SSSR count). The molecule has 0 saturated heterocycles. The Morgan fingerprint density at radius 3 is 1.81 bits per heavy atom. The Morgan fingerprint density at radius 1 is 0.923 bits per heavy atom. The van der Waals surface area contributed by atoms with Gasteiger partial charge in [-0.05, 0) is 47.8 Å². The summed E-state index contributed by atoms with van der Waals surface area (Å²) >= 11 is 3.55. The molecule has 152 valence electrons. The number of halogens is 1. The van der Waals surface area contributed by atoms with E-state index in [0.29, 0.717) is 0 Å². The number of hydrogen-bond donors (Lipinski definition) is 0. The van der Waals surface area contributed by atoms with Crippen LogP contribution in [-0.2, 0) is 10.1 Å². The topological polar surface area (TPSA) is 57.2 Å². The number of alkyl halides is 1. The Balaban J connectivity index is 0.000000502. The maximum absolute atomic E-state index is 10.4. The molecule has 0 fully saturated rings. The number of unbranched alkanes of at least 4 members (excludes halogenated alkanes) is 7. The van der Waals surface area contributed by atoms with E-state index in [9.17, 15) is 13.0 Å². The fourth-order valence-corrected chi connectivity index (χ4v) is 3.16. The normalized spacial score (nSPS) is 11.8. The van der Waals surface area contributed by atoms with E-state index in [1.807, 2.05) is 6.92 Å². The molecule has 0 spiro atoms. The van der Waals surface area contributed by atoms with Gasteiger partial charge in [0.1, 0.15) is 15.6 Å². The minimum Gasteiger partial charge on any atom is -0.744 e. The zero-order valence-corrected chi connectivity index (χ0v) is 19.2. The summed E-state index contributed by atoms with van der Waals surface area (Å²) in [5.41, 5.74) is 2.00. The van der Waals surface area contributed by atoms with Crippen LogP contribution in [0.4, 0.5) is 0 Å². The third kappa shape index (κ3) is 13.7. The Bertz CT molecular complexity index is 571. The van der Waals surface area contributed by atoms with E-state index in [1.165, 1.54) is 70.0 Å². The number of nitrogens with zero attached hydrogens (tertiary/aromatic N) is 1. The van der Waals surface area contributed by atoms with Crippen molar-refractivity contribution in [2.45, 2.75) is 70.1 Å². The van der Waals surface area contributed by atoms with Crippen molar-refractivity contribution >= 4 is 26.0 Å². The van der Waals surface area contributed by atoms with E-state index in [-0.39, 0.29) is 4.90 Å². The average Bonchev–Trinajstić information content (AvgIpc) is 2.57. The standard InChI is InChI=1S/C13H29BrN.C7H8O3S/c1-4-5-6-7-8-9-10-11-12-15(2,3)13-14;1-6-2-4-7(5-3-6)11(8,9)10/h4-13H2,1-3H3;2-5H,1H3,(H,8,9,10)/q+1;/p-1. The summed E-state index contributed by atoms with van der Waals surface area (Å²) in [6.45, 7) is 5.40. The molecular weight excluding hydrogens is 414 g/mol. The zero-order valence-electron chi connectivity index (χ0n) is 16.8. The summed E-state index contributed by atoms with van der Waals surface area (Å²) in [6.07, 6.45) is 11.4. The average molecular weight is 450 g/mol. The predicted molar refractivity (Wildman–Crippen MR) is 113 cm³/mol. The quantitative estimate of drug-likeness (QED) is 0.148. The van der Waals surface area contributed by atoms with Gasteiger partial charge in [-0.2, -0.15) is 0 Å². The van der Waals surface area contributed by atoms with Gasteiger partial charge in [-0.25, -0.2) is 8.42 Å². The lowest BCUT2D eigenvalue weighted by Gasteiger charge is -2.26. The van der Waals surface area contributed by atoms with Gasteiger partial charge in [0.25, 0.3) is 0 Å². The highest BCUT2D eigenvalue weighted by Gasteiger charge is 2.10. The van der Waals surface area contributed by atoms with Crippen molar-refractivity contribution in [3.8, 4) is 0 Å². The van der Waals surface area contributed by atoms with Crippen LogP contribution in [0.25, 0.3) is 0 Å². The number of hydrogen-bond acceptors (Lipinski definition) is 3. The lowest BCUT2D eigenvalue weighted by atomic mass is 10.1. The summed E-state index contributed by atoms with van der Waals surface area (Å²) in [5.74, 6) is 0. The number of rotatable bonds is 11. The van der Waals surface area contributed by atoms with Gasteiger partial charge in [0.15, 0.2) is 0 Å². The second-order valence-corrected chi connectivity index (χ2v) is 9.40. The van der Waals surface area contributed by atoms with Gasteiger partial charge >= 0.3 is 0 Å². The molecule has 0 aliphatic heterocycles. The van der Waals surface area contributed by atoms with Crippen LogP contribution < -0.4 is 0 Å². The van der Waals surface area contributed by atoms with Crippen LogP contribution in [0.5, 0.6) is 0 Å². The van der Waals surface area contributed by atoms with E-state index in [2.05, 4.69) is 36.9 Å². The molecule has 4 nitrogen and oxygen atoms in total. The Hall–Kier alpha value is -0.430. The molecule has 26 heavy (non-hydrogen) atoms. The SMILES string of the molecule is CCCCCCCCCC[N+](C)(C)CBr.Cc1ccc(S(=O)(=O)[O-])cc1. The van der Waals surface area contributed by atoms with Crippen LogP contribution in [0.3, 0.4) is 0 Å².